The van der Waals surface area contributed by atoms with Crippen molar-refractivity contribution in [2.24, 2.45) is 5.41 Å². The number of rotatable bonds is 6. The van der Waals surface area contributed by atoms with Crippen LogP contribution >= 0.6 is 0 Å². The largest absolute Gasteiger partial charge is 0.385 e. The van der Waals surface area contributed by atoms with Gasteiger partial charge in [0.1, 0.15) is 5.49 Å². The number of nitrogens with zero attached hydrogens (tertiary/aromatic N) is 2. The quantitative estimate of drug-likeness (QED) is 0.719. The van der Waals surface area contributed by atoms with E-state index in [9.17, 15) is 0 Å². The minimum absolute atomic E-state index is 0.0611. The minimum Gasteiger partial charge on any atom is -0.385 e. The van der Waals surface area contributed by atoms with Crippen LogP contribution in [0, 0.1) is 10.8 Å². The normalized spacial score (nSPS) is 28.7. The molecule has 0 amide bonds. The van der Waals surface area contributed by atoms with Crippen molar-refractivity contribution in [1.29, 1.82) is 5.41 Å². The molecule has 1 aromatic rings. The summed E-state index contributed by atoms with van der Waals surface area (Å²) in [7, 11) is 1.76. The van der Waals surface area contributed by atoms with Gasteiger partial charge >= 0.3 is 0 Å². The molecule has 6 heteroatoms. The number of fused-ring (bicyclic) bond motifs is 1. The highest BCUT2D eigenvalue weighted by Crippen LogP contribution is 2.43. The maximum atomic E-state index is 8.00. The lowest BCUT2D eigenvalue weighted by Crippen LogP contribution is -2.33. The van der Waals surface area contributed by atoms with Gasteiger partial charge in [-0.1, -0.05) is 6.92 Å². The molecule has 156 valence electrons. The number of hydrogen-bond acceptors (Lipinski definition) is 5. The average molecular weight is 397 g/mol. The molecule has 1 fully saturated rings. The molecule has 2 unspecified atom stereocenters. The Bertz CT molecular complexity index is 919. The average Bonchev–Trinajstić information content (AvgIpc) is 3.33. The van der Waals surface area contributed by atoms with Gasteiger partial charge in [0.05, 0.1) is 18.6 Å². The van der Waals surface area contributed by atoms with E-state index in [0.29, 0.717) is 11.5 Å². The van der Waals surface area contributed by atoms with Crippen molar-refractivity contribution in [1.82, 2.24) is 14.9 Å². The highest BCUT2D eigenvalue weighted by atomic mass is 16.5. The number of nitrogens with one attached hydrogen (secondary N) is 2. The highest BCUT2D eigenvalue weighted by molar-refractivity contribution is 5.72. The van der Waals surface area contributed by atoms with E-state index in [1.54, 1.807) is 13.4 Å². The van der Waals surface area contributed by atoms with Crippen molar-refractivity contribution < 1.29 is 9.47 Å². The maximum absolute atomic E-state index is 8.00. The summed E-state index contributed by atoms with van der Waals surface area (Å²) in [6.07, 6.45) is 11.5. The molecule has 0 radical (unpaired) electrons. The number of aromatic nitrogens is 2. The molecule has 4 heterocycles. The molecule has 0 aliphatic carbocycles. The first-order chi connectivity index (χ1) is 14.1. The van der Waals surface area contributed by atoms with Crippen LogP contribution in [0.25, 0.3) is 5.57 Å². The number of dihydropyridines is 1. The first-order valence-electron chi connectivity index (χ1n) is 10.7. The molecule has 4 rings (SSSR count). The fourth-order valence-electron chi connectivity index (χ4n) is 4.70. The molecule has 0 aromatic carbocycles. The lowest BCUT2D eigenvalue weighted by atomic mass is 9.78. The van der Waals surface area contributed by atoms with Gasteiger partial charge in [0.15, 0.2) is 0 Å². The van der Waals surface area contributed by atoms with E-state index in [2.05, 4.69) is 40.9 Å². The summed E-state index contributed by atoms with van der Waals surface area (Å²) in [6.45, 7) is 6.84. The minimum atomic E-state index is 0.0611. The molecule has 6 nitrogen and oxygen atoms in total. The summed E-state index contributed by atoms with van der Waals surface area (Å²) in [6, 6.07) is 2.23. The zero-order valence-corrected chi connectivity index (χ0v) is 17.8. The zero-order chi connectivity index (χ0) is 20.4. The molecule has 3 aliphatic heterocycles. The summed E-state index contributed by atoms with van der Waals surface area (Å²) in [5, 5.41) is 11.8. The van der Waals surface area contributed by atoms with Crippen LogP contribution in [0.3, 0.4) is 0 Å². The summed E-state index contributed by atoms with van der Waals surface area (Å²) in [5.41, 5.74) is 6.53. The van der Waals surface area contributed by atoms with Gasteiger partial charge in [-0.25, -0.2) is 4.98 Å². The van der Waals surface area contributed by atoms with Gasteiger partial charge in [-0.05, 0) is 56.8 Å². The van der Waals surface area contributed by atoms with Crippen molar-refractivity contribution in [3.05, 3.63) is 52.7 Å². The molecule has 3 aliphatic rings. The first kappa shape index (κ1) is 20.1. The van der Waals surface area contributed by atoms with Crippen LogP contribution < -0.4 is 10.8 Å². The van der Waals surface area contributed by atoms with Crippen molar-refractivity contribution in [3.63, 3.8) is 0 Å². The molecule has 0 saturated carbocycles. The Morgan fingerprint density at radius 3 is 3.00 bits per heavy atom. The van der Waals surface area contributed by atoms with Crippen molar-refractivity contribution in [3.8, 4) is 0 Å². The second-order valence-electron chi connectivity index (χ2n) is 8.45. The Balaban J connectivity index is 1.76. The number of hydrogen-bond donors (Lipinski definition) is 2. The maximum Gasteiger partial charge on any atom is 0.148 e. The summed E-state index contributed by atoms with van der Waals surface area (Å²) >= 11 is 0. The van der Waals surface area contributed by atoms with Crippen LogP contribution in [-0.2, 0) is 9.47 Å². The lowest BCUT2D eigenvalue weighted by Gasteiger charge is -2.33. The third-order valence-electron chi connectivity index (χ3n) is 6.58. The van der Waals surface area contributed by atoms with E-state index in [1.807, 2.05) is 6.07 Å². The molecule has 2 N–H and O–H groups in total. The topological polar surface area (TPSA) is 72.2 Å². The molecule has 0 spiro atoms. The molecule has 1 aromatic heterocycles. The van der Waals surface area contributed by atoms with E-state index >= 15 is 0 Å². The Kier molecular flexibility index (Phi) is 5.74. The molecule has 29 heavy (non-hydrogen) atoms. The summed E-state index contributed by atoms with van der Waals surface area (Å²) in [4.78, 5) is 4.18. The molecular formula is C23H32N4O2. The van der Waals surface area contributed by atoms with Crippen molar-refractivity contribution >= 4 is 5.57 Å². The fraction of sp³-hybridized carbons (Fsp3) is 0.565. The number of ether oxygens (including phenoxy) is 2. The van der Waals surface area contributed by atoms with Crippen LogP contribution in [0.15, 0.2) is 41.5 Å². The van der Waals surface area contributed by atoms with Crippen LogP contribution in [0.2, 0.25) is 0 Å². The smallest absolute Gasteiger partial charge is 0.148 e. The van der Waals surface area contributed by atoms with Crippen LogP contribution in [0.5, 0.6) is 0 Å². The Morgan fingerprint density at radius 2 is 2.28 bits per heavy atom. The van der Waals surface area contributed by atoms with Crippen LogP contribution in [0.1, 0.15) is 57.7 Å². The first-order valence-corrected chi connectivity index (χ1v) is 10.7. The molecule has 1 saturated heterocycles. The molecular weight excluding hydrogens is 364 g/mol. The Morgan fingerprint density at radius 1 is 1.41 bits per heavy atom. The van der Waals surface area contributed by atoms with E-state index in [-0.39, 0.29) is 5.41 Å². The second kappa shape index (κ2) is 8.28. The highest BCUT2D eigenvalue weighted by Gasteiger charge is 2.39. The Labute approximate surface area is 172 Å². The van der Waals surface area contributed by atoms with E-state index < -0.39 is 0 Å². The number of allylic oxidation sites excluding steroid dienone is 4. The van der Waals surface area contributed by atoms with Gasteiger partial charge in [-0.3, -0.25) is 5.41 Å². The van der Waals surface area contributed by atoms with Crippen molar-refractivity contribution in [2.75, 3.05) is 26.9 Å². The van der Waals surface area contributed by atoms with Crippen LogP contribution in [-0.4, -0.2) is 36.5 Å². The second-order valence-corrected chi connectivity index (χ2v) is 8.45. The van der Waals surface area contributed by atoms with E-state index in [4.69, 9.17) is 14.9 Å². The zero-order valence-electron chi connectivity index (χ0n) is 17.8. The standard InChI is InChI=1S/C23H32N4O2/c1-4-23(7-9-29-14-23)21-12-17(6-5-8-28-3)11-19(26-21)18-10-16(2)27-15-25-22(24)13-20(18)27/h11-13,15-16,24,26H,4-10,14H2,1-3H3. The van der Waals surface area contributed by atoms with E-state index in [0.717, 1.165) is 57.6 Å². The van der Waals surface area contributed by atoms with Gasteiger partial charge < -0.3 is 19.4 Å². The summed E-state index contributed by atoms with van der Waals surface area (Å²) < 4.78 is 13.3. The predicted molar refractivity (Wildman–Crippen MR) is 113 cm³/mol. The third-order valence-corrected chi connectivity index (χ3v) is 6.58. The fourth-order valence-corrected chi connectivity index (χ4v) is 4.70. The van der Waals surface area contributed by atoms with Crippen molar-refractivity contribution in [2.45, 2.75) is 52.0 Å². The molecule has 0 bridgehead atoms. The summed E-state index contributed by atoms with van der Waals surface area (Å²) in [5.74, 6) is 0. The van der Waals surface area contributed by atoms with Gasteiger partial charge in [-0.2, -0.15) is 0 Å². The van der Waals surface area contributed by atoms with Gasteiger partial charge in [0.2, 0.25) is 0 Å². The van der Waals surface area contributed by atoms with Gasteiger partial charge in [0, 0.05) is 54.8 Å². The third kappa shape index (κ3) is 3.83. The predicted octanol–water partition coefficient (Wildman–Crippen LogP) is 3.70. The molecule has 2 atom stereocenters. The van der Waals surface area contributed by atoms with Crippen LogP contribution in [0.4, 0.5) is 0 Å². The number of methoxy groups -OCH3 is 1. The Hall–Kier alpha value is -2.18. The lowest BCUT2D eigenvalue weighted by molar-refractivity contribution is 0.161. The van der Waals surface area contributed by atoms with Gasteiger partial charge in [-0.15, -0.1) is 0 Å². The van der Waals surface area contributed by atoms with E-state index in [1.165, 1.54) is 22.5 Å². The SMILES string of the molecule is CCC1(C2=CC(CCCOC)=CC(=C3CC(C)n4cnc(=N)cc43)N2)CCOC1. The van der Waals surface area contributed by atoms with Gasteiger partial charge in [0.25, 0.3) is 0 Å². The monoisotopic (exact) mass is 396 g/mol.